The molecule has 1 unspecified atom stereocenters. The fourth-order valence-electron chi connectivity index (χ4n) is 2.99. The first kappa shape index (κ1) is 14.0. The van der Waals surface area contributed by atoms with Crippen LogP contribution < -0.4 is 0 Å². The van der Waals surface area contributed by atoms with Gasteiger partial charge in [-0.05, 0) is 30.1 Å². The Morgan fingerprint density at radius 1 is 1.12 bits per heavy atom. The molecule has 1 heteroatoms. The molecule has 0 radical (unpaired) electrons. The third kappa shape index (κ3) is 4.08. The quantitative estimate of drug-likeness (QED) is 0.753. The van der Waals surface area contributed by atoms with Gasteiger partial charge in [-0.2, -0.15) is 0 Å². The van der Waals surface area contributed by atoms with Crippen LogP contribution in [0.3, 0.4) is 0 Å². The molecule has 1 N–H and O–H groups in total. The molecule has 96 valence electrons. The number of rotatable bonds is 4. The first-order chi connectivity index (χ1) is 7.45. The third-order valence-corrected chi connectivity index (χ3v) is 4.19. The first-order valence-electron chi connectivity index (χ1n) is 7.13. The molecule has 1 atom stereocenters. The second-order valence-corrected chi connectivity index (χ2v) is 6.73. The van der Waals surface area contributed by atoms with Gasteiger partial charge in [0.2, 0.25) is 0 Å². The molecule has 1 saturated carbocycles. The minimum atomic E-state index is -0.111. The van der Waals surface area contributed by atoms with Gasteiger partial charge >= 0.3 is 0 Å². The zero-order valence-electron chi connectivity index (χ0n) is 11.6. The second kappa shape index (κ2) is 6.05. The molecule has 0 amide bonds. The van der Waals surface area contributed by atoms with Crippen molar-refractivity contribution in [3.8, 4) is 0 Å². The third-order valence-electron chi connectivity index (χ3n) is 4.19. The van der Waals surface area contributed by atoms with E-state index in [1.807, 2.05) is 0 Å². The Labute approximate surface area is 102 Å². The number of hydrogen-bond donors (Lipinski definition) is 1. The standard InChI is InChI=1S/C15H30O/c1-5-6-7-12-8-10-13(11-9-12)14(16)15(2,3)4/h12-14,16H,5-11H2,1-4H3. The van der Waals surface area contributed by atoms with Crippen LogP contribution in [0.5, 0.6) is 0 Å². The summed E-state index contributed by atoms with van der Waals surface area (Å²) in [4.78, 5) is 0. The summed E-state index contributed by atoms with van der Waals surface area (Å²) in [5.41, 5.74) is 0.0565. The summed E-state index contributed by atoms with van der Waals surface area (Å²) < 4.78 is 0. The van der Waals surface area contributed by atoms with Gasteiger partial charge in [0.15, 0.2) is 0 Å². The van der Waals surface area contributed by atoms with E-state index in [-0.39, 0.29) is 11.5 Å². The van der Waals surface area contributed by atoms with Crippen molar-refractivity contribution in [1.29, 1.82) is 0 Å². The van der Waals surface area contributed by atoms with Crippen LogP contribution in [0.4, 0.5) is 0 Å². The molecular weight excluding hydrogens is 196 g/mol. The Bertz CT molecular complexity index is 184. The Balaban J connectivity index is 2.31. The zero-order valence-corrected chi connectivity index (χ0v) is 11.6. The van der Waals surface area contributed by atoms with Crippen LogP contribution >= 0.6 is 0 Å². The Morgan fingerprint density at radius 2 is 1.69 bits per heavy atom. The minimum Gasteiger partial charge on any atom is -0.392 e. The summed E-state index contributed by atoms with van der Waals surface area (Å²) in [5.74, 6) is 1.50. The highest BCUT2D eigenvalue weighted by atomic mass is 16.3. The zero-order chi connectivity index (χ0) is 12.2. The summed E-state index contributed by atoms with van der Waals surface area (Å²) in [6.45, 7) is 8.73. The number of unbranched alkanes of at least 4 members (excludes halogenated alkanes) is 1. The highest BCUT2D eigenvalue weighted by molar-refractivity contribution is 4.83. The van der Waals surface area contributed by atoms with Gasteiger partial charge in [0.1, 0.15) is 0 Å². The van der Waals surface area contributed by atoms with E-state index in [9.17, 15) is 5.11 Å². The molecule has 0 bridgehead atoms. The molecule has 0 aromatic heterocycles. The molecule has 1 rings (SSSR count). The Hall–Kier alpha value is -0.0400. The van der Waals surface area contributed by atoms with Gasteiger partial charge in [-0.1, -0.05) is 59.8 Å². The molecule has 0 aliphatic heterocycles. The second-order valence-electron chi connectivity index (χ2n) is 6.73. The average Bonchev–Trinajstić information content (AvgIpc) is 2.25. The van der Waals surface area contributed by atoms with E-state index in [2.05, 4.69) is 27.7 Å². The topological polar surface area (TPSA) is 20.2 Å². The van der Waals surface area contributed by atoms with Crippen LogP contribution in [0, 0.1) is 17.3 Å². The molecule has 0 saturated heterocycles. The van der Waals surface area contributed by atoms with Crippen molar-refractivity contribution in [2.45, 2.75) is 78.7 Å². The van der Waals surface area contributed by atoms with Crippen molar-refractivity contribution < 1.29 is 5.11 Å². The lowest BCUT2D eigenvalue weighted by molar-refractivity contribution is -0.00812. The van der Waals surface area contributed by atoms with Crippen molar-refractivity contribution >= 4 is 0 Å². The maximum atomic E-state index is 10.3. The normalized spacial score (nSPS) is 29.1. The van der Waals surface area contributed by atoms with E-state index >= 15 is 0 Å². The molecule has 1 nitrogen and oxygen atoms in total. The Morgan fingerprint density at radius 3 is 2.12 bits per heavy atom. The molecule has 0 aromatic carbocycles. The largest absolute Gasteiger partial charge is 0.392 e. The smallest absolute Gasteiger partial charge is 0.0616 e. The molecule has 0 aromatic rings. The van der Waals surface area contributed by atoms with Crippen LogP contribution in [0.15, 0.2) is 0 Å². The molecule has 0 heterocycles. The van der Waals surface area contributed by atoms with Gasteiger partial charge in [-0.3, -0.25) is 0 Å². The van der Waals surface area contributed by atoms with Crippen molar-refractivity contribution in [2.75, 3.05) is 0 Å². The highest BCUT2D eigenvalue weighted by Crippen LogP contribution is 2.38. The lowest BCUT2D eigenvalue weighted by Gasteiger charge is -2.37. The maximum Gasteiger partial charge on any atom is 0.0616 e. The van der Waals surface area contributed by atoms with E-state index in [1.54, 1.807) is 0 Å². The summed E-state index contributed by atoms with van der Waals surface area (Å²) in [7, 11) is 0. The van der Waals surface area contributed by atoms with Gasteiger partial charge in [0.25, 0.3) is 0 Å². The molecule has 0 spiro atoms. The highest BCUT2D eigenvalue weighted by Gasteiger charge is 2.32. The fourth-order valence-corrected chi connectivity index (χ4v) is 2.99. The first-order valence-corrected chi connectivity index (χ1v) is 7.13. The van der Waals surface area contributed by atoms with Crippen LogP contribution in [0.2, 0.25) is 0 Å². The summed E-state index contributed by atoms with van der Waals surface area (Å²) in [6.07, 6.45) is 9.19. The monoisotopic (exact) mass is 226 g/mol. The Kier molecular flexibility index (Phi) is 5.30. The lowest BCUT2D eigenvalue weighted by Crippen LogP contribution is -2.36. The van der Waals surface area contributed by atoms with Crippen LogP contribution in [-0.2, 0) is 0 Å². The van der Waals surface area contributed by atoms with E-state index in [1.165, 1.54) is 44.9 Å². The van der Waals surface area contributed by atoms with E-state index < -0.39 is 0 Å². The fraction of sp³-hybridized carbons (Fsp3) is 1.00. The van der Waals surface area contributed by atoms with Crippen molar-refractivity contribution in [3.63, 3.8) is 0 Å². The SMILES string of the molecule is CCCCC1CCC(C(O)C(C)(C)C)CC1. The van der Waals surface area contributed by atoms with Crippen LogP contribution in [-0.4, -0.2) is 11.2 Å². The summed E-state index contributed by atoms with van der Waals surface area (Å²) in [6, 6.07) is 0. The van der Waals surface area contributed by atoms with Crippen molar-refractivity contribution in [3.05, 3.63) is 0 Å². The van der Waals surface area contributed by atoms with Gasteiger partial charge < -0.3 is 5.11 Å². The maximum absolute atomic E-state index is 10.3. The lowest BCUT2D eigenvalue weighted by atomic mass is 9.71. The molecule has 1 aliphatic rings. The van der Waals surface area contributed by atoms with Gasteiger partial charge in [-0.15, -0.1) is 0 Å². The molecule has 1 fully saturated rings. The van der Waals surface area contributed by atoms with Gasteiger partial charge in [0.05, 0.1) is 6.10 Å². The summed E-state index contributed by atoms with van der Waals surface area (Å²) >= 11 is 0. The molecule has 1 aliphatic carbocycles. The number of aliphatic hydroxyl groups excluding tert-OH is 1. The number of aliphatic hydroxyl groups is 1. The predicted molar refractivity (Wildman–Crippen MR) is 70.4 cm³/mol. The predicted octanol–water partition coefficient (Wildman–Crippen LogP) is 4.39. The number of hydrogen-bond acceptors (Lipinski definition) is 1. The average molecular weight is 226 g/mol. The van der Waals surface area contributed by atoms with E-state index in [0.717, 1.165) is 5.92 Å². The van der Waals surface area contributed by atoms with Crippen molar-refractivity contribution in [1.82, 2.24) is 0 Å². The van der Waals surface area contributed by atoms with E-state index in [4.69, 9.17) is 0 Å². The van der Waals surface area contributed by atoms with Crippen molar-refractivity contribution in [2.24, 2.45) is 17.3 Å². The van der Waals surface area contributed by atoms with Gasteiger partial charge in [-0.25, -0.2) is 0 Å². The van der Waals surface area contributed by atoms with E-state index in [0.29, 0.717) is 5.92 Å². The van der Waals surface area contributed by atoms with Gasteiger partial charge in [0, 0.05) is 0 Å². The minimum absolute atomic E-state index is 0.0565. The van der Waals surface area contributed by atoms with Crippen LogP contribution in [0.25, 0.3) is 0 Å². The molecular formula is C15H30O. The van der Waals surface area contributed by atoms with Crippen LogP contribution in [0.1, 0.15) is 72.6 Å². The molecule has 16 heavy (non-hydrogen) atoms. The summed E-state index contributed by atoms with van der Waals surface area (Å²) in [5, 5.41) is 10.3.